The molecule has 0 aromatic heterocycles. The quantitative estimate of drug-likeness (QED) is 0.110. The van der Waals surface area contributed by atoms with Crippen LogP contribution in [0.2, 0.25) is 10.0 Å². The molecule has 1 unspecified atom stereocenters. The number of benzene rings is 3. The predicted molar refractivity (Wildman–Crippen MR) is 173 cm³/mol. The van der Waals surface area contributed by atoms with Crippen LogP contribution in [-0.2, 0) is 18.9 Å². The molecule has 2 atom stereocenters. The van der Waals surface area contributed by atoms with E-state index >= 15 is 0 Å². The van der Waals surface area contributed by atoms with E-state index in [0.717, 1.165) is 17.0 Å². The fraction of sp³-hybridized carbons (Fsp3) is 0.267. The first-order valence-corrected chi connectivity index (χ1v) is 16.3. The van der Waals surface area contributed by atoms with Gasteiger partial charge in [0.25, 0.3) is 11.8 Å². The Balaban J connectivity index is 1.43. The molecule has 4 rings (SSSR count). The first-order valence-electron chi connectivity index (χ1n) is 13.9. The summed E-state index contributed by atoms with van der Waals surface area (Å²) in [7, 11) is -2.62. The topological polar surface area (TPSA) is 176 Å². The van der Waals surface area contributed by atoms with Crippen LogP contribution in [0.25, 0.3) is 10.8 Å². The molecule has 0 spiro atoms. The molecule has 0 saturated carbocycles. The van der Waals surface area contributed by atoms with Crippen molar-refractivity contribution < 1.29 is 28.2 Å². The standard InChI is InChI=1S/C30H33Cl2N6O6P/c1-18(30(41)43-2)37-45(42,44-25-12-5-8-19-7-3-4-9-21(19)25)38-15-13-20(14-16-38)35-29(40)27(34)24(17-33)36-28(39)26-22(31)10-6-11-23(26)32/h3-12,17-18,20,34H,13-16,33H2,1-2H3,(H,35,40)(H,36,39)(H,37,42)/b24-17+,34-27?/t18-,45?/m0/s1. The largest absolute Gasteiger partial charge is 0.468 e. The fourth-order valence-electron chi connectivity index (χ4n) is 4.79. The molecule has 0 bridgehead atoms. The second kappa shape index (κ2) is 14.9. The average molecular weight is 676 g/mol. The first kappa shape index (κ1) is 34.0. The van der Waals surface area contributed by atoms with Gasteiger partial charge in [0.05, 0.1) is 28.4 Å². The number of esters is 1. The van der Waals surface area contributed by atoms with Gasteiger partial charge in [-0.15, -0.1) is 0 Å². The van der Waals surface area contributed by atoms with Crippen LogP contribution in [0.1, 0.15) is 30.1 Å². The summed E-state index contributed by atoms with van der Waals surface area (Å²) in [5.74, 6) is -1.73. The van der Waals surface area contributed by atoms with Gasteiger partial charge in [-0.2, -0.15) is 0 Å². The van der Waals surface area contributed by atoms with E-state index in [1.807, 2.05) is 30.3 Å². The minimum absolute atomic E-state index is 0.0222. The molecule has 1 saturated heterocycles. The molecule has 12 nitrogen and oxygen atoms in total. The van der Waals surface area contributed by atoms with Crippen LogP contribution in [0, 0.1) is 5.41 Å². The zero-order chi connectivity index (χ0) is 32.7. The summed E-state index contributed by atoms with van der Waals surface area (Å²) in [6, 6.07) is 16.1. The number of hydrogen-bond acceptors (Lipinski definition) is 8. The van der Waals surface area contributed by atoms with Gasteiger partial charge in [-0.1, -0.05) is 65.7 Å². The second-order valence-electron chi connectivity index (χ2n) is 10.2. The van der Waals surface area contributed by atoms with Crippen LogP contribution < -0.4 is 26.0 Å². The normalized spacial score (nSPS) is 16.3. The third kappa shape index (κ3) is 8.02. The van der Waals surface area contributed by atoms with Gasteiger partial charge in [-0.25, -0.2) is 14.3 Å². The number of methoxy groups -OCH3 is 1. The Morgan fingerprint density at radius 2 is 1.67 bits per heavy atom. The average Bonchev–Trinajstić information content (AvgIpc) is 3.03. The van der Waals surface area contributed by atoms with Gasteiger partial charge < -0.3 is 25.6 Å². The van der Waals surface area contributed by atoms with Crippen LogP contribution in [0.4, 0.5) is 0 Å². The summed E-state index contributed by atoms with van der Waals surface area (Å²) in [6.45, 7) is 1.98. The summed E-state index contributed by atoms with van der Waals surface area (Å²) in [4.78, 5) is 38.0. The van der Waals surface area contributed by atoms with Crippen molar-refractivity contribution >= 4 is 65.1 Å². The Kier molecular flexibility index (Phi) is 11.2. The Bertz CT molecular complexity index is 1670. The van der Waals surface area contributed by atoms with E-state index in [0.29, 0.717) is 18.6 Å². The highest BCUT2D eigenvalue weighted by Crippen LogP contribution is 2.50. The highest BCUT2D eigenvalue weighted by Gasteiger charge is 2.40. The third-order valence-corrected chi connectivity index (χ3v) is 10.1. The molecule has 1 heterocycles. The molecular formula is C30H33Cl2N6O6P. The molecule has 1 aliphatic rings. The maximum atomic E-state index is 14.4. The van der Waals surface area contributed by atoms with Gasteiger partial charge in [0.2, 0.25) is 0 Å². The molecule has 1 fully saturated rings. The number of carbonyl (C=O) groups excluding carboxylic acids is 3. The lowest BCUT2D eigenvalue weighted by Gasteiger charge is -2.37. The molecule has 3 aromatic rings. The zero-order valence-electron chi connectivity index (χ0n) is 24.5. The minimum atomic E-state index is -3.87. The molecule has 1 aliphatic heterocycles. The van der Waals surface area contributed by atoms with Crippen molar-refractivity contribution in [3.05, 3.63) is 88.2 Å². The number of nitrogens with zero attached hydrogens (tertiary/aromatic N) is 1. The Morgan fingerprint density at radius 1 is 1.04 bits per heavy atom. The summed E-state index contributed by atoms with van der Waals surface area (Å²) >= 11 is 12.2. The van der Waals surface area contributed by atoms with E-state index in [-0.39, 0.29) is 34.4 Å². The summed E-state index contributed by atoms with van der Waals surface area (Å²) < 4.78 is 27.0. The van der Waals surface area contributed by atoms with E-state index in [9.17, 15) is 18.9 Å². The van der Waals surface area contributed by atoms with E-state index in [1.54, 1.807) is 22.9 Å². The molecule has 238 valence electrons. The summed E-state index contributed by atoms with van der Waals surface area (Å²) in [5, 5.41) is 18.2. The van der Waals surface area contributed by atoms with Crippen molar-refractivity contribution in [1.82, 2.24) is 20.4 Å². The van der Waals surface area contributed by atoms with Crippen molar-refractivity contribution in [2.24, 2.45) is 5.73 Å². The lowest BCUT2D eigenvalue weighted by atomic mass is 10.1. The number of fused-ring (bicyclic) bond motifs is 1. The third-order valence-electron chi connectivity index (χ3n) is 7.16. The number of rotatable bonds is 11. The highest BCUT2D eigenvalue weighted by atomic mass is 35.5. The molecular weight excluding hydrogens is 642 g/mol. The van der Waals surface area contributed by atoms with E-state index < -0.39 is 43.2 Å². The second-order valence-corrected chi connectivity index (χ2v) is 13.0. The van der Waals surface area contributed by atoms with E-state index in [1.165, 1.54) is 26.2 Å². The van der Waals surface area contributed by atoms with Crippen molar-refractivity contribution in [1.29, 1.82) is 5.41 Å². The summed E-state index contributed by atoms with van der Waals surface area (Å²) in [6.07, 6.45) is 1.63. The van der Waals surface area contributed by atoms with Gasteiger partial charge in [-0.05, 0) is 43.4 Å². The Morgan fingerprint density at radius 3 is 2.31 bits per heavy atom. The fourth-order valence-corrected chi connectivity index (χ4v) is 7.47. The summed E-state index contributed by atoms with van der Waals surface area (Å²) in [5.41, 5.74) is 4.79. The van der Waals surface area contributed by atoms with Gasteiger partial charge in [0.1, 0.15) is 17.5 Å². The van der Waals surface area contributed by atoms with Gasteiger partial charge in [-0.3, -0.25) is 19.8 Å². The van der Waals surface area contributed by atoms with Crippen LogP contribution >= 0.6 is 30.9 Å². The maximum Gasteiger partial charge on any atom is 0.393 e. The van der Waals surface area contributed by atoms with E-state index in [4.69, 9.17) is 43.6 Å². The van der Waals surface area contributed by atoms with Crippen LogP contribution in [0.3, 0.4) is 0 Å². The van der Waals surface area contributed by atoms with Crippen LogP contribution in [0.5, 0.6) is 5.75 Å². The van der Waals surface area contributed by atoms with E-state index in [2.05, 4.69) is 15.7 Å². The number of nitrogens with one attached hydrogen (secondary N) is 4. The van der Waals surface area contributed by atoms with Crippen molar-refractivity contribution in [2.75, 3.05) is 20.2 Å². The lowest BCUT2D eigenvalue weighted by Crippen LogP contribution is -2.49. The molecule has 0 radical (unpaired) electrons. The Labute approximate surface area is 270 Å². The van der Waals surface area contributed by atoms with Gasteiger partial charge >= 0.3 is 13.6 Å². The van der Waals surface area contributed by atoms with Crippen molar-refractivity contribution in [3.8, 4) is 5.75 Å². The first-order chi connectivity index (χ1) is 21.5. The predicted octanol–water partition coefficient (Wildman–Crippen LogP) is 4.62. The molecule has 45 heavy (non-hydrogen) atoms. The van der Waals surface area contributed by atoms with Crippen molar-refractivity contribution in [2.45, 2.75) is 31.8 Å². The number of hydrogen-bond donors (Lipinski definition) is 5. The SMILES string of the molecule is COC(=O)[C@H](C)NP(=O)(Oc1cccc2ccccc12)N1CCC(NC(=O)C(=N)/C(=C\N)NC(=O)c2c(Cl)cccc2Cl)CC1. The van der Waals surface area contributed by atoms with Crippen LogP contribution in [-0.4, -0.2) is 60.4 Å². The maximum absolute atomic E-state index is 14.4. The smallest absolute Gasteiger partial charge is 0.393 e. The number of piperidine rings is 1. The number of nitrogens with two attached hydrogens (primary N) is 1. The van der Waals surface area contributed by atoms with Crippen LogP contribution in [0.15, 0.2) is 72.6 Å². The number of halogens is 2. The van der Waals surface area contributed by atoms with Gasteiger partial charge in [0, 0.05) is 30.7 Å². The number of ether oxygens (including phenoxy) is 1. The molecule has 3 aromatic carbocycles. The van der Waals surface area contributed by atoms with Crippen molar-refractivity contribution in [3.63, 3.8) is 0 Å². The monoisotopic (exact) mass is 674 g/mol. The number of amides is 2. The Hall–Kier alpha value is -3.93. The zero-order valence-corrected chi connectivity index (χ0v) is 26.9. The molecule has 2 amide bonds. The lowest BCUT2D eigenvalue weighted by molar-refractivity contribution is -0.142. The highest BCUT2D eigenvalue weighted by molar-refractivity contribution is 7.54. The molecule has 15 heteroatoms. The molecule has 6 N–H and O–H groups in total. The van der Waals surface area contributed by atoms with Gasteiger partial charge in [0.15, 0.2) is 0 Å². The minimum Gasteiger partial charge on any atom is -0.468 e. The molecule has 0 aliphatic carbocycles. The number of carbonyl (C=O) groups is 3.